The van der Waals surface area contributed by atoms with E-state index >= 15 is 0 Å². The van der Waals surface area contributed by atoms with Crippen LogP contribution in [0, 0.1) is 13.8 Å². The van der Waals surface area contributed by atoms with Gasteiger partial charge in [0, 0.05) is 29.7 Å². The lowest BCUT2D eigenvalue weighted by Gasteiger charge is -2.13. The molecule has 0 aliphatic heterocycles. The molecule has 0 saturated heterocycles. The van der Waals surface area contributed by atoms with Gasteiger partial charge < -0.3 is 20.4 Å². The van der Waals surface area contributed by atoms with Crippen molar-refractivity contribution in [3.63, 3.8) is 0 Å². The normalized spacial score (nSPS) is 10.9. The van der Waals surface area contributed by atoms with Gasteiger partial charge in [-0.3, -0.25) is 0 Å². The van der Waals surface area contributed by atoms with Gasteiger partial charge in [-0.05, 0) is 49.6 Å². The largest absolute Gasteiger partial charge is 0.495 e. The van der Waals surface area contributed by atoms with Crippen molar-refractivity contribution in [2.75, 3.05) is 24.3 Å². The Morgan fingerprint density at radius 3 is 2.69 bits per heavy atom. The third kappa shape index (κ3) is 4.32. The molecule has 0 unspecified atom stereocenters. The van der Waals surface area contributed by atoms with Crippen LogP contribution < -0.4 is 15.4 Å². The molecule has 3 N–H and O–H groups in total. The van der Waals surface area contributed by atoms with Crippen molar-refractivity contribution in [3.8, 4) is 5.75 Å². The van der Waals surface area contributed by atoms with Gasteiger partial charge >= 0.3 is 0 Å². The Hall–Kier alpha value is -3.54. The van der Waals surface area contributed by atoms with E-state index in [-0.39, 0.29) is 0 Å². The van der Waals surface area contributed by atoms with Crippen LogP contribution in [0.1, 0.15) is 17.0 Å². The standard InChI is InChI=1S/C23H25N5O/c1-15-8-9-21(29-3)20(12-15)28-23-13-22(26-16(2)27-23)24-11-10-17-14-25-19-7-5-4-6-18(17)19/h4-9,12-14,25H,10-11H2,1-3H3,(H2,24,26,27,28). The number of aryl methyl sites for hydroxylation is 2. The zero-order chi connectivity index (χ0) is 20.2. The Labute approximate surface area is 170 Å². The van der Waals surface area contributed by atoms with E-state index in [0.29, 0.717) is 5.82 Å². The molecule has 4 aromatic rings. The molecule has 0 radical (unpaired) electrons. The van der Waals surface area contributed by atoms with E-state index in [1.807, 2.05) is 44.2 Å². The van der Waals surface area contributed by atoms with E-state index < -0.39 is 0 Å². The zero-order valence-corrected chi connectivity index (χ0v) is 16.9. The number of benzene rings is 2. The molecule has 0 saturated carbocycles. The number of para-hydroxylation sites is 1. The molecule has 0 amide bonds. The summed E-state index contributed by atoms with van der Waals surface area (Å²) in [5.74, 6) is 3.01. The third-order valence-electron chi connectivity index (χ3n) is 4.83. The van der Waals surface area contributed by atoms with Crippen molar-refractivity contribution in [2.24, 2.45) is 0 Å². The first-order valence-electron chi connectivity index (χ1n) is 9.68. The van der Waals surface area contributed by atoms with E-state index in [9.17, 15) is 0 Å². The number of hydrogen-bond acceptors (Lipinski definition) is 5. The van der Waals surface area contributed by atoms with E-state index in [0.717, 1.165) is 41.6 Å². The molecule has 0 atom stereocenters. The lowest BCUT2D eigenvalue weighted by molar-refractivity contribution is 0.416. The first-order valence-corrected chi connectivity index (χ1v) is 9.68. The minimum Gasteiger partial charge on any atom is -0.495 e. The van der Waals surface area contributed by atoms with Gasteiger partial charge in [0.15, 0.2) is 0 Å². The fraction of sp³-hybridized carbons (Fsp3) is 0.217. The molecule has 0 aliphatic rings. The van der Waals surface area contributed by atoms with Gasteiger partial charge in [-0.1, -0.05) is 24.3 Å². The second-order valence-electron chi connectivity index (χ2n) is 7.05. The molecule has 0 aliphatic carbocycles. The molecule has 0 spiro atoms. The van der Waals surface area contributed by atoms with Gasteiger partial charge in [-0.25, -0.2) is 9.97 Å². The Morgan fingerprint density at radius 2 is 1.83 bits per heavy atom. The summed E-state index contributed by atoms with van der Waals surface area (Å²) in [6.07, 6.45) is 2.98. The molecule has 0 bridgehead atoms. The minimum atomic E-state index is 0.705. The maximum Gasteiger partial charge on any atom is 0.142 e. The van der Waals surface area contributed by atoms with Crippen molar-refractivity contribution in [3.05, 3.63) is 71.7 Å². The summed E-state index contributed by atoms with van der Waals surface area (Å²) >= 11 is 0. The van der Waals surface area contributed by atoms with Crippen molar-refractivity contribution in [2.45, 2.75) is 20.3 Å². The lowest BCUT2D eigenvalue weighted by atomic mass is 10.1. The molecule has 6 nitrogen and oxygen atoms in total. The molecule has 2 aromatic heterocycles. The van der Waals surface area contributed by atoms with Crippen molar-refractivity contribution in [1.29, 1.82) is 0 Å². The summed E-state index contributed by atoms with van der Waals surface area (Å²) in [7, 11) is 1.67. The van der Waals surface area contributed by atoms with Crippen LogP contribution in [0.4, 0.5) is 17.3 Å². The monoisotopic (exact) mass is 387 g/mol. The average molecular weight is 387 g/mol. The van der Waals surface area contributed by atoms with Crippen molar-refractivity contribution >= 4 is 28.2 Å². The number of anilines is 3. The molecule has 29 heavy (non-hydrogen) atoms. The molecule has 4 rings (SSSR count). The number of aromatic nitrogens is 3. The molecule has 0 fully saturated rings. The molecule has 2 aromatic carbocycles. The number of methoxy groups -OCH3 is 1. The van der Waals surface area contributed by atoms with Crippen LogP contribution in [0.2, 0.25) is 0 Å². The number of H-pyrrole nitrogens is 1. The van der Waals surface area contributed by atoms with Gasteiger partial charge in [0.05, 0.1) is 12.8 Å². The fourth-order valence-corrected chi connectivity index (χ4v) is 3.44. The van der Waals surface area contributed by atoms with E-state index in [2.05, 4.69) is 50.0 Å². The van der Waals surface area contributed by atoms with Crippen LogP contribution in [-0.4, -0.2) is 28.6 Å². The zero-order valence-electron chi connectivity index (χ0n) is 16.9. The first kappa shape index (κ1) is 18.8. The molecular formula is C23H25N5O. The maximum absolute atomic E-state index is 5.45. The van der Waals surface area contributed by atoms with E-state index in [4.69, 9.17) is 4.74 Å². The molecule has 2 heterocycles. The third-order valence-corrected chi connectivity index (χ3v) is 4.83. The summed E-state index contributed by atoms with van der Waals surface area (Å²) in [5.41, 5.74) is 4.49. The molecular weight excluding hydrogens is 362 g/mol. The van der Waals surface area contributed by atoms with Gasteiger partial charge in [-0.15, -0.1) is 0 Å². The highest BCUT2D eigenvalue weighted by Crippen LogP contribution is 2.28. The lowest BCUT2D eigenvalue weighted by Crippen LogP contribution is -2.08. The van der Waals surface area contributed by atoms with Crippen LogP contribution in [0.5, 0.6) is 5.75 Å². The second kappa shape index (κ2) is 8.22. The fourth-order valence-electron chi connectivity index (χ4n) is 3.44. The van der Waals surface area contributed by atoms with E-state index in [1.165, 1.54) is 16.5 Å². The Bertz CT molecular complexity index is 1140. The van der Waals surface area contributed by atoms with Crippen molar-refractivity contribution in [1.82, 2.24) is 15.0 Å². The summed E-state index contributed by atoms with van der Waals surface area (Å²) < 4.78 is 5.45. The minimum absolute atomic E-state index is 0.705. The summed E-state index contributed by atoms with van der Waals surface area (Å²) in [4.78, 5) is 12.3. The van der Waals surface area contributed by atoms with Gasteiger partial charge in [0.25, 0.3) is 0 Å². The number of aromatic amines is 1. The Kier molecular flexibility index (Phi) is 5.33. The van der Waals surface area contributed by atoms with Gasteiger partial charge in [-0.2, -0.15) is 0 Å². The number of ether oxygens (including phenoxy) is 1. The molecule has 148 valence electrons. The van der Waals surface area contributed by atoms with Crippen LogP contribution in [0.25, 0.3) is 10.9 Å². The smallest absolute Gasteiger partial charge is 0.142 e. The van der Waals surface area contributed by atoms with Crippen LogP contribution in [-0.2, 0) is 6.42 Å². The predicted octanol–water partition coefficient (Wildman–Crippen LogP) is 4.98. The predicted molar refractivity (Wildman–Crippen MR) is 118 cm³/mol. The SMILES string of the molecule is COc1ccc(C)cc1Nc1cc(NCCc2c[nH]c3ccccc23)nc(C)n1. The highest BCUT2D eigenvalue weighted by atomic mass is 16.5. The van der Waals surface area contributed by atoms with Gasteiger partial charge in [0.1, 0.15) is 23.2 Å². The Balaban J connectivity index is 1.46. The first-order chi connectivity index (χ1) is 14.1. The summed E-state index contributed by atoms with van der Waals surface area (Å²) in [6, 6.07) is 16.3. The molecule has 6 heteroatoms. The number of fused-ring (bicyclic) bond motifs is 1. The number of nitrogens with zero attached hydrogens (tertiary/aromatic N) is 2. The second-order valence-corrected chi connectivity index (χ2v) is 7.05. The van der Waals surface area contributed by atoms with Crippen LogP contribution in [0.15, 0.2) is 54.7 Å². The average Bonchev–Trinajstić information content (AvgIpc) is 3.11. The van der Waals surface area contributed by atoms with Crippen LogP contribution in [0.3, 0.4) is 0 Å². The quantitative estimate of drug-likeness (QED) is 0.417. The topological polar surface area (TPSA) is 74.9 Å². The van der Waals surface area contributed by atoms with Gasteiger partial charge in [0.2, 0.25) is 0 Å². The number of nitrogens with one attached hydrogen (secondary N) is 3. The summed E-state index contributed by atoms with van der Waals surface area (Å²) in [5, 5.41) is 8.04. The maximum atomic E-state index is 5.45. The number of rotatable bonds is 7. The number of hydrogen-bond donors (Lipinski definition) is 3. The highest BCUT2D eigenvalue weighted by molar-refractivity contribution is 5.83. The highest BCUT2D eigenvalue weighted by Gasteiger charge is 2.08. The summed E-state index contributed by atoms with van der Waals surface area (Å²) in [6.45, 7) is 4.72. The van der Waals surface area contributed by atoms with E-state index in [1.54, 1.807) is 7.11 Å². The van der Waals surface area contributed by atoms with Crippen LogP contribution >= 0.6 is 0 Å². The van der Waals surface area contributed by atoms with Crippen molar-refractivity contribution < 1.29 is 4.74 Å². The Morgan fingerprint density at radius 1 is 1.00 bits per heavy atom.